The van der Waals surface area contributed by atoms with Crippen LogP contribution in [0.5, 0.6) is 0 Å². The van der Waals surface area contributed by atoms with Gasteiger partial charge in [0.25, 0.3) is 0 Å². The number of aryl methyl sites for hydroxylation is 1. The summed E-state index contributed by atoms with van der Waals surface area (Å²) in [7, 11) is 1.87. The lowest BCUT2D eigenvalue weighted by Gasteiger charge is -2.17. The average Bonchev–Trinajstić information content (AvgIpc) is 2.43. The monoisotopic (exact) mass is 275 g/mol. The van der Waals surface area contributed by atoms with Gasteiger partial charge in [0.15, 0.2) is 0 Å². The van der Waals surface area contributed by atoms with Crippen molar-refractivity contribution >= 4 is 11.8 Å². The Morgan fingerprint density at radius 2 is 1.79 bits per heavy atom. The molecule has 0 aromatic heterocycles. The van der Waals surface area contributed by atoms with Crippen molar-refractivity contribution in [2.75, 3.05) is 12.8 Å². The van der Waals surface area contributed by atoms with Crippen molar-refractivity contribution < 1.29 is 4.39 Å². The number of halogens is 1. The van der Waals surface area contributed by atoms with Crippen LogP contribution in [0.15, 0.2) is 53.4 Å². The van der Waals surface area contributed by atoms with Crippen LogP contribution in [0.4, 0.5) is 4.39 Å². The third-order valence-corrected chi connectivity index (χ3v) is 4.17. The highest BCUT2D eigenvalue weighted by atomic mass is 32.2. The predicted octanol–water partition coefficient (Wildman–Crippen LogP) is 4.19. The SMILES string of the molecule is CNC(CSc1ccc(C)cc1)c1ccccc1F. The average molecular weight is 275 g/mol. The van der Waals surface area contributed by atoms with Crippen molar-refractivity contribution in [3.8, 4) is 0 Å². The maximum absolute atomic E-state index is 13.8. The van der Waals surface area contributed by atoms with Gasteiger partial charge in [-0.05, 0) is 32.2 Å². The van der Waals surface area contributed by atoms with Crippen molar-refractivity contribution in [1.82, 2.24) is 5.32 Å². The van der Waals surface area contributed by atoms with Gasteiger partial charge in [0.1, 0.15) is 5.82 Å². The lowest BCUT2D eigenvalue weighted by atomic mass is 10.1. The molecular weight excluding hydrogens is 257 g/mol. The van der Waals surface area contributed by atoms with Gasteiger partial charge in [-0.15, -0.1) is 11.8 Å². The van der Waals surface area contributed by atoms with Gasteiger partial charge in [0.05, 0.1) is 0 Å². The van der Waals surface area contributed by atoms with Crippen LogP contribution in [-0.2, 0) is 0 Å². The largest absolute Gasteiger partial charge is 0.312 e. The minimum absolute atomic E-state index is 0.0208. The summed E-state index contributed by atoms with van der Waals surface area (Å²) >= 11 is 1.74. The van der Waals surface area contributed by atoms with Crippen LogP contribution in [0.2, 0.25) is 0 Å². The van der Waals surface area contributed by atoms with Gasteiger partial charge in [-0.2, -0.15) is 0 Å². The van der Waals surface area contributed by atoms with Gasteiger partial charge in [-0.3, -0.25) is 0 Å². The molecule has 1 nitrogen and oxygen atoms in total. The van der Waals surface area contributed by atoms with Gasteiger partial charge in [-0.25, -0.2) is 4.39 Å². The van der Waals surface area contributed by atoms with Crippen molar-refractivity contribution in [2.45, 2.75) is 17.9 Å². The smallest absolute Gasteiger partial charge is 0.128 e. The molecule has 3 heteroatoms. The molecule has 0 aliphatic carbocycles. The molecule has 0 aliphatic heterocycles. The Hall–Kier alpha value is -1.32. The fourth-order valence-corrected chi connectivity index (χ4v) is 2.93. The Labute approximate surface area is 118 Å². The zero-order valence-corrected chi connectivity index (χ0v) is 12.0. The zero-order chi connectivity index (χ0) is 13.7. The molecule has 0 heterocycles. The topological polar surface area (TPSA) is 12.0 Å². The first-order chi connectivity index (χ1) is 9.20. The summed E-state index contributed by atoms with van der Waals surface area (Å²) in [4.78, 5) is 1.21. The van der Waals surface area contributed by atoms with Crippen LogP contribution in [0, 0.1) is 12.7 Å². The Morgan fingerprint density at radius 1 is 1.11 bits per heavy atom. The third-order valence-electron chi connectivity index (χ3n) is 3.07. The van der Waals surface area contributed by atoms with E-state index in [1.54, 1.807) is 17.8 Å². The van der Waals surface area contributed by atoms with E-state index in [1.807, 2.05) is 19.2 Å². The second kappa shape index (κ2) is 6.73. The third kappa shape index (κ3) is 3.82. The fraction of sp³-hybridized carbons (Fsp3) is 0.250. The summed E-state index contributed by atoms with van der Waals surface area (Å²) in [5.41, 5.74) is 1.98. The highest BCUT2D eigenvalue weighted by molar-refractivity contribution is 7.99. The summed E-state index contributed by atoms with van der Waals surface area (Å²) in [5.74, 6) is 0.659. The molecule has 100 valence electrons. The normalized spacial score (nSPS) is 12.4. The summed E-state index contributed by atoms with van der Waals surface area (Å²) in [6, 6.07) is 15.4. The Bertz CT molecular complexity index is 525. The van der Waals surface area contributed by atoms with E-state index in [0.717, 1.165) is 11.3 Å². The number of rotatable bonds is 5. The molecule has 0 bridgehead atoms. The second-order valence-corrected chi connectivity index (χ2v) is 5.58. The number of thioether (sulfide) groups is 1. The molecule has 0 fully saturated rings. The number of hydrogen-bond donors (Lipinski definition) is 1. The van der Waals surface area contributed by atoms with Crippen LogP contribution in [-0.4, -0.2) is 12.8 Å². The predicted molar refractivity (Wildman–Crippen MR) is 80.1 cm³/mol. The van der Waals surface area contributed by atoms with Gasteiger partial charge < -0.3 is 5.32 Å². The molecule has 2 aromatic rings. The molecule has 0 saturated carbocycles. The lowest BCUT2D eigenvalue weighted by Crippen LogP contribution is -2.19. The summed E-state index contributed by atoms with van der Waals surface area (Å²) in [6.07, 6.45) is 0. The number of benzene rings is 2. The van der Waals surface area contributed by atoms with Crippen LogP contribution >= 0.6 is 11.8 Å². The first-order valence-electron chi connectivity index (χ1n) is 6.32. The second-order valence-electron chi connectivity index (χ2n) is 4.49. The van der Waals surface area contributed by atoms with Gasteiger partial charge >= 0.3 is 0 Å². The Kier molecular flexibility index (Phi) is 5.00. The lowest BCUT2D eigenvalue weighted by molar-refractivity contribution is 0.566. The molecule has 1 N–H and O–H groups in total. The fourth-order valence-electron chi connectivity index (χ4n) is 1.90. The molecule has 1 unspecified atom stereocenters. The van der Waals surface area contributed by atoms with Crippen molar-refractivity contribution in [2.24, 2.45) is 0 Å². The van der Waals surface area contributed by atoms with Gasteiger partial charge in [0, 0.05) is 22.3 Å². The summed E-state index contributed by atoms with van der Waals surface area (Å²) in [6.45, 7) is 2.07. The van der Waals surface area contributed by atoms with Gasteiger partial charge in [-0.1, -0.05) is 35.9 Å². The molecular formula is C16H18FNS. The van der Waals surface area contributed by atoms with E-state index < -0.39 is 0 Å². The zero-order valence-electron chi connectivity index (χ0n) is 11.2. The molecule has 1 atom stereocenters. The highest BCUT2D eigenvalue weighted by Crippen LogP contribution is 2.26. The van der Waals surface area contributed by atoms with E-state index in [-0.39, 0.29) is 11.9 Å². The maximum atomic E-state index is 13.8. The summed E-state index contributed by atoms with van der Waals surface area (Å²) in [5, 5.41) is 3.18. The van der Waals surface area contributed by atoms with E-state index in [4.69, 9.17) is 0 Å². The van der Waals surface area contributed by atoms with Crippen LogP contribution < -0.4 is 5.32 Å². The molecule has 2 rings (SSSR count). The van der Waals surface area contributed by atoms with E-state index in [1.165, 1.54) is 16.5 Å². The van der Waals surface area contributed by atoms with Crippen LogP contribution in [0.25, 0.3) is 0 Å². The van der Waals surface area contributed by atoms with Crippen molar-refractivity contribution in [3.05, 3.63) is 65.5 Å². The molecule has 0 spiro atoms. The molecule has 0 amide bonds. The molecule has 0 aliphatic rings. The maximum Gasteiger partial charge on any atom is 0.128 e. The molecule has 0 saturated heterocycles. The van der Waals surface area contributed by atoms with Crippen molar-refractivity contribution in [3.63, 3.8) is 0 Å². The standard InChI is InChI=1S/C16H18FNS/c1-12-7-9-13(10-8-12)19-11-16(18-2)14-5-3-4-6-15(14)17/h3-10,16,18H,11H2,1-2H3. The Balaban J connectivity index is 2.04. The van der Waals surface area contributed by atoms with E-state index in [2.05, 4.69) is 36.5 Å². The molecule has 19 heavy (non-hydrogen) atoms. The minimum Gasteiger partial charge on any atom is -0.312 e. The number of hydrogen-bond acceptors (Lipinski definition) is 2. The van der Waals surface area contributed by atoms with Gasteiger partial charge in [0.2, 0.25) is 0 Å². The number of nitrogens with one attached hydrogen (secondary N) is 1. The highest BCUT2D eigenvalue weighted by Gasteiger charge is 2.13. The van der Waals surface area contributed by atoms with E-state index in [9.17, 15) is 4.39 Å². The van der Waals surface area contributed by atoms with Crippen molar-refractivity contribution in [1.29, 1.82) is 0 Å². The minimum atomic E-state index is -0.147. The Morgan fingerprint density at radius 3 is 2.42 bits per heavy atom. The molecule has 2 aromatic carbocycles. The molecule has 0 radical (unpaired) electrons. The van der Waals surface area contributed by atoms with Crippen LogP contribution in [0.1, 0.15) is 17.2 Å². The first-order valence-corrected chi connectivity index (χ1v) is 7.30. The van der Waals surface area contributed by atoms with E-state index in [0.29, 0.717) is 0 Å². The van der Waals surface area contributed by atoms with E-state index >= 15 is 0 Å². The quantitative estimate of drug-likeness (QED) is 0.821. The summed E-state index contributed by atoms with van der Waals surface area (Å²) < 4.78 is 13.8. The van der Waals surface area contributed by atoms with Crippen LogP contribution in [0.3, 0.4) is 0 Å². The first kappa shape index (κ1) is 14.1.